The zero-order valence-electron chi connectivity index (χ0n) is 9.01. The van der Waals surface area contributed by atoms with Crippen LogP contribution in [0.2, 0.25) is 0 Å². The molecule has 0 aromatic carbocycles. The summed E-state index contributed by atoms with van der Waals surface area (Å²) in [5, 5.41) is 4.74. The average Bonchev–Trinajstić information content (AvgIpc) is 2.75. The summed E-state index contributed by atoms with van der Waals surface area (Å²) in [5.74, 6) is 1.02. The molecule has 3 heterocycles. The van der Waals surface area contributed by atoms with Crippen LogP contribution in [0.1, 0.15) is 0 Å². The first-order valence-corrected chi connectivity index (χ1v) is 6.14. The molecule has 6 nitrogen and oxygen atoms in total. The Morgan fingerprint density at radius 1 is 1.47 bits per heavy atom. The molecule has 0 radical (unpaired) electrons. The molecule has 3 rings (SSSR count). The monoisotopic (exact) mass is 249 g/mol. The van der Waals surface area contributed by atoms with Gasteiger partial charge in [-0.2, -0.15) is 4.98 Å². The van der Waals surface area contributed by atoms with Crippen molar-refractivity contribution in [3.8, 4) is 0 Å². The van der Waals surface area contributed by atoms with Gasteiger partial charge in [-0.15, -0.1) is 11.3 Å². The maximum atomic E-state index is 11.4. The molecule has 0 unspecified atom stereocenters. The van der Waals surface area contributed by atoms with Gasteiger partial charge >= 0.3 is 0 Å². The van der Waals surface area contributed by atoms with Crippen LogP contribution >= 0.6 is 11.3 Å². The molecular weight excluding hydrogens is 238 g/mol. The summed E-state index contributed by atoms with van der Waals surface area (Å²) >= 11 is 1.56. The Balaban J connectivity index is 2.09. The van der Waals surface area contributed by atoms with Crippen molar-refractivity contribution in [3.05, 3.63) is 11.4 Å². The molecule has 1 fully saturated rings. The van der Waals surface area contributed by atoms with Crippen molar-refractivity contribution in [2.75, 3.05) is 30.3 Å². The van der Waals surface area contributed by atoms with Gasteiger partial charge in [0.2, 0.25) is 11.9 Å². The SMILES string of the molecule is Nc1nc(N2CCNC(=O)C2)c2sccc2n1. The number of amides is 1. The minimum atomic E-state index is 0.0122. The minimum absolute atomic E-state index is 0.0122. The molecule has 7 heteroatoms. The highest BCUT2D eigenvalue weighted by molar-refractivity contribution is 7.17. The standard InChI is InChI=1S/C10H11N5OS/c11-10-13-6-1-4-17-8(6)9(14-10)15-3-2-12-7(16)5-15/h1,4H,2-3,5H2,(H,12,16)(H2,11,13,14). The second-order valence-corrected chi connectivity index (χ2v) is 4.73. The number of nitrogens with zero attached hydrogens (tertiary/aromatic N) is 3. The molecule has 3 N–H and O–H groups in total. The van der Waals surface area contributed by atoms with Crippen molar-refractivity contribution in [3.63, 3.8) is 0 Å². The normalized spacial score (nSPS) is 16.2. The number of fused-ring (bicyclic) bond motifs is 1. The predicted octanol–water partition coefficient (Wildman–Crippen LogP) is 0.210. The Bertz CT molecular complexity index is 581. The Morgan fingerprint density at radius 3 is 3.18 bits per heavy atom. The van der Waals surface area contributed by atoms with Gasteiger partial charge in [-0.3, -0.25) is 4.79 Å². The molecule has 0 spiro atoms. The topological polar surface area (TPSA) is 84.1 Å². The molecular formula is C10H11N5OS. The Kier molecular flexibility index (Phi) is 2.32. The maximum Gasteiger partial charge on any atom is 0.239 e. The summed E-state index contributed by atoms with van der Waals surface area (Å²) in [5.41, 5.74) is 6.52. The summed E-state index contributed by atoms with van der Waals surface area (Å²) in [7, 11) is 0. The number of hydrogen-bond donors (Lipinski definition) is 2. The number of thiophene rings is 1. The van der Waals surface area contributed by atoms with Gasteiger partial charge in [-0.1, -0.05) is 0 Å². The van der Waals surface area contributed by atoms with E-state index in [1.165, 1.54) is 0 Å². The van der Waals surface area contributed by atoms with Gasteiger partial charge in [0.1, 0.15) is 0 Å². The molecule has 1 aliphatic heterocycles. The average molecular weight is 249 g/mol. The van der Waals surface area contributed by atoms with Crippen molar-refractivity contribution in [1.29, 1.82) is 0 Å². The molecule has 88 valence electrons. The van der Waals surface area contributed by atoms with Gasteiger partial charge in [0.25, 0.3) is 0 Å². The van der Waals surface area contributed by atoms with Gasteiger partial charge in [0, 0.05) is 13.1 Å². The lowest BCUT2D eigenvalue weighted by molar-refractivity contribution is -0.120. The summed E-state index contributed by atoms with van der Waals surface area (Å²) in [6.07, 6.45) is 0. The molecule has 0 bridgehead atoms. The number of nitrogens with two attached hydrogens (primary N) is 1. The van der Waals surface area contributed by atoms with Crippen LogP contribution in [0.5, 0.6) is 0 Å². The van der Waals surface area contributed by atoms with E-state index in [1.54, 1.807) is 11.3 Å². The van der Waals surface area contributed by atoms with Gasteiger partial charge < -0.3 is 16.0 Å². The van der Waals surface area contributed by atoms with Crippen molar-refractivity contribution >= 4 is 39.2 Å². The summed E-state index contributed by atoms with van der Waals surface area (Å²) < 4.78 is 0.980. The quantitative estimate of drug-likeness (QED) is 0.754. The molecule has 0 aliphatic carbocycles. The predicted molar refractivity (Wildman–Crippen MR) is 67.1 cm³/mol. The van der Waals surface area contributed by atoms with Gasteiger partial charge in [-0.25, -0.2) is 4.98 Å². The molecule has 1 amide bonds. The Labute approximate surface area is 101 Å². The van der Waals surface area contributed by atoms with E-state index in [1.807, 2.05) is 16.3 Å². The number of carbonyl (C=O) groups excluding carboxylic acids is 1. The van der Waals surface area contributed by atoms with E-state index in [9.17, 15) is 4.79 Å². The van der Waals surface area contributed by atoms with Crippen LogP contribution in [0.15, 0.2) is 11.4 Å². The number of rotatable bonds is 1. The lowest BCUT2D eigenvalue weighted by Crippen LogP contribution is -2.48. The van der Waals surface area contributed by atoms with Crippen LogP contribution in [0, 0.1) is 0 Å². The molecule has 2 aromatic heterocycles. The highest BCUT2D eigenvalue weighted by atomic mass is 32.1. The Hall–Kier alpha value is -1.89. The van der Waals surface area contributed by atoms with Crippen LogP contribution in [0.3, 0.4) is 0 Å². The third kappa shape index (κ3) is 1.78. The van der Waals surface area contributed by atoms with Crippen LogP contribution in [-0.2, 0) is 4.79 Å². The third-order valence-electron chi connectivity index (χ3n) is 2.64. The van der Waals surface area contributed by atoms with Crippen LogP contribution in [0.4, 0.5) is 11.8 Å². The zero-order chi connectivity index (χ0) is 11.8. The van der Waals surface area contributed by atoms with Crippen molar-refractivity contribution < 1.29 is 4.79 Å². The molecule has 17 heavy (non-hydrogen) atoms. The third-order valence-corrected chi connectivity index (χ3v) is 3.54. The molecule has 2 aromatic rings. The number of nitrogens with one attached hydrogen (secondary N) is 1. The molecule has 1 saturated heterocycles. The van der Waals surface area contributed by atoms with Crippen molar-refractivity contribution in [2.45, 2.75) is 0 Å². The van der Waals surface area contributed by atoms with Crippen molar-refractivity contribution in [1.82, 2.24) is 15.3 Å². The minimum Gasteiger partial charge on any atom is -0.368 e. The number of piperazine rings is 1. The second-order valence-electron chi connectivity index (χ2n) is 3.81. The summed E-state index contributed by atoms with van der Waals surface area (Å²) in [4.78, 5) is 21.7. The van der Waals surface area contributed by atoms with E-state index >= 15 is 0 Å². The van der Waals surface area contributed by atoms with Crippen molar-refractivity contribution in [2.24, 2.45) is 0 Å². The Morgan fingerprint density at radius 2 is 2.35 bits per heavy atom. The van der Waals surface area contributed by atoms with Gasteiger partial charge in [0.15, 0.2) is 5.82 Å². The first-order valence-electron chi connectivity index (χ1n) is 5.26. The highest BCUT2D eigenvalue weighted by Crippen LogP contribution is 2.29. The largest absolute Gasteiger partial charge is 0.368 e. The van der Waals surface area contributed by atoms with E-state index in [0.717, 1.165) is 22.6 Å². The first-order chi connectivity index (χ1) is 8.24. The fourth-order valence-corrected chi connectivity index (χ4v) is 2.75. The smallest absolute Gasteiger partial charge is 0.239 e. The molecule has 1 aliphatic rings. The summed E-state index contributed by atoms with van der Waals surface area (Å²) in [6, 6.07) is 1.91. The number of aromatic nitrogens is 2. The van der Waals surface area contributed by atoms with E-state index < -0.39 is 0 Å². The van der Waals surface area contributed by atoms with E-state index in [4.69, 9.17) is 5.73 Å². The van der Waals surface area contributed by atoms with Crippen LogP contribution in [0.25, 0.3) is 10.2 Å². The lowest BCUT2D eigenvalue weighted by Gasteiger charge is -2.27. The maximum absolute atomic E-state index is 11.4. The van der Waals surface area contributed by atoms with E-state index in [2.05, 4.69) is 15.3 Å². The second kappa shape index (κ2) is 3.85. The zero-order valence-corrected chi connectivity index (χ0v) is 9.83. The van der Waals surface area contributed by atoms with Gasteiger partial charge in [-0.05, 0) is 11.4 Å². The number of hydrogen-bond acceptors (Lipinski definition) is 6. The van der Waals surface area contributed by atoms with Crippen LogP contribution in [-0.4, -0.2) is 35.5 Å². The number of carbonyl (C=O) groups is 1. The van der Waals surface area contributed by atoms with Crippen LogP contribution < -0.4 is 16.0 Å². The van der Waals surface area contributed by atoms with Gasteiger partial charge in [0.05, 0.1) is 16.8 Å². The molecule has 0 saturated carbocycles. The molecule has 0 atom stereocenters. The number of nitrogen functional groups attached to an aromatic ring is 1. The number of anilines is 2. The highest BCUT2D eigenvalue weighted by Gasteiger charge is 2.20. The van der Waals surface area contributed by atoms with E-state index in [-0.39, 0.29) is 11.9 Å². The summed E-state index contributed by atoms with van der Waals surface area (Å²) in [6.45, 7) is 1.70. The lowest BCUT2D eigenvalue weighted by atomic mass is 10.3. The fourth-order valence-electron chi connectivity index (χ4n) is 1.90. The van der Waals surface area contributed by atoms with E-state index in [0.29, 0.717) is 13.1 Å². The fraction of sp³-hybridized carbons (Fsp3) is 0.300. The first kappa shape index (κ1) is 10.3.